The van der Waals surface area contributed by atoms with Gasteiger partial charge in [0.2, 0.25) is 5.91 Å². The van der Waals surface area contributed by atoms with Gasteiger partial charge in [0.1, 0.15) is 11.5 Å². The summed E-state index contributed by atoms with van der Waals surface area (Å²) in [6.07, 6.45) is 3.45. The van der Waals surface area contributed by atoms with E-state index >= 15 is 0 Å². The van der Waals surface area contributed by atoms with Crippen molar-refractivity contribution >= 4 is 48.9 Å². The van der Waals surface area contributed by atoms with Crippen LogP contribution in [0.5, 0.6) is 0 Å². The molecule has 1 atom stereocenters. The van der Waals surface area contributed by atoms with Gasteiger partial charge in [0.05, 0.1) is 21.7 Å². The molecule has 1 aromatic heterocycles. The Hall–Kier alpha value is -2.64. The summed E-state index contributed by atoms with van der Waals surface area (Å²) in [6.45, 7) is 5.47. The minimum Gasteiger partial charge on any atom is -0.380 e. The molecule has 1 unspecified atom stereocenters. The number of nitro benzene ring substituents is 1. The molecule has 1 aromatic carbocycles. The molecule has 0 spiro atoms. The Bertz CT molecular complexity index is 1270. The number of amides is 2. The number of carbonyl (C=O) groups excluding carboxylic acids is 2. The van der Waals surface area contributed by atoms with Crippen LogP contribution in [0.3, 0.4) is 0 Å². The Morgan fingerprint density at radius 2 is 2.03 bits per heavy atom. The number of hydrogen-bond donors (Lipinski definition) is 0. The summed E-state index contributed by atoms with van der Waals surface area (Å²) >= 11 is 1.05. The van der Waals surface area contributed by atoms with Crippen LogP contribution in [0.15, 0.2) is 23.2 Å². The van der Waals surface area contributed by atoms with Crippen molar-refractivity contribution in [3.05, 3.63) is 33.1 Å². The summed E-state index contributed by atoms with van der Waals surface area (Å²) in [5, 5.41) is 11.1. The summed E-state index contributed by atoms with van der Waals surface area (Å²) in [5.74, 6) is -2.99. The van der Waals surface area contributed by atoms with E-state index in [1.54, 1.807) is 15.5 Å². The summed E-state index contributed by atoms with van der Waals surface area (Å²) in [5.41, 5.74) is 0.526. The molecule has 0 N–H and O–H groups in total. The largest absolute Gasteiger partial charge is 0.380 e. The fraction of sp³-hybridized carbons (Fsp3) is 0.591. The number of ether oxygens (including phenoxy) is 1. The van der Waals surface area contributed by atoms with Crippen LogP contribution in [0.4, 0.5) is 5.69 Å². The van der Waals surface area contributed by atoms with E-state index < -0.39 is 38.1 Å². The smallest absolute Gasteiger partial charge is 0.270 e. The van der Waals surface area contributed by atoms with Gasteiger partial charge in [0.15, 0.2) is 14.6 Å². The number of fused-ring (bicyclic) bond motifs is 1. The number of likely N-dealkylation sites (tertiary alicyclic amines) is 1. The van der Waals surface area contributed by atoms with Gasteiger partial charge in [-0.15, -0.1) is 0 Å². The Kier molecular flexibility index (Phi) is 9.14. The first-order valence-corrected chi connectivity index (χ1v) is 14.2. The predicted molar refractivity (Wildman–Crippen MR) is 132 cm³/mol. The number of rotatable bonds is 10. The number of piperidine rings is 1. The Labute approximate surface area is 207 Å². The second-order valence-electron chi connectivity index (χ2n) is 8.33. The third-order valence-corrected chi connectivity index (χ3v) is 8.28. The zero-order valence-corrected chi connectivity index (χ0v) is 21.5. The highest BCUT2D eigenvalue weighted by Gasteiger charge is 2.29. The lowest BCUT2D eigenvalue weighted by molar-refractivity contribution is -0.384. The van der Waals surface area contributed by atoms with Gasteiger partial charge in [-0.05, 0) is 38.7 Å². The molecule has 0 aliphatic carbocycles. The van der Waals surface area contributed by atoms with Gasteiger partial charge in [-0.25, -0.2) is 8.42 Å². The third-order valence-electron chi connectivity index (χ3n) is 5.87. The Balaban J connectivity index is 1.83. The zero-order valence-electron chi connectivity index (χ0n) is 19.8. The van der Waals surface area contributed by atoms with Gasteiger partial charge in [0.25, 0.3) is 11.6 Å². The third kappa shape index (κ3) is 6.95. The predicted octanol–water partition coefficient (Wildman–Crippen LogP) is 2.28. The van der Waals surface area contributed by atoms with Crippen LogP contribution in [0.25, 0.3) is 10.2 Å². The van der Waals surface area contributed by atoms with Crippen LogP contribution >= 0.6 is 11.3 Å². The quantitative estimate of drug-likeness (QED) is 0.263. The fourth-order valence-corrected chi connectivity index (χ4v) is 6.37. The van der Waals surface area contributed by atoms with E-state index in [2.05, 4.69) is 4.99 Å². The monoisotopic (exact) mass is 526 g/mol. The molecule has 1 aliphatic heterocycles. The van der Waals surface area contributed by atoms with Crippen LogP contribution in [0, 0.1) is 10.1 Å². The van der Waals surface area contributed by atoms with Crippen LogP contribution in [-0.4, -0.2) is 71.9 Å². The number of non-ortho nitro benzene ring substituents is 1. The maximum Gasteiger partial charge on any atom is 0.270 e. The lowest BCUT2D eigenvalue weighted by Gasteiger charge is -2.35. The molecule has 35 heavy (non-hydrogen) atoms. The molecule has 0 bridgehead atoms. The summed E-state index contributed by atoms with van der Waals surface area (Å²) < 4.78 is 32.9. The van der Waals surface area contributed by atoms with Crippen molar-refractivity contribution in [2.45, 2.75) is 52.1 Å². The first-order chi connectivity index (χ1) is 16.6. The molecule has 2 heterocycles. The molecular weight excluding hydrogens is 496 g/mol. The first-order valence-electron chi connectivity index (χ1n) is 11.6. The van der Waals surface area contributed by atoms with Crippen molar-refractivity contribution in [1.29, 1.82) is 0 Å². The van der Waals surface area contributed by atoms with Crippen molar-refractivity contribution in [2.24, 2.45) is 4.99 Å². The van der Waals surface area contributed by atoms with E-state index in [0.717, 1.165) is 37.0 Å². The molecule has 192 valence electrons. The number of sulfone groups is 1. The highest BCUT2D eigenvalue weighted by atomic mass is 32.2. The summed E-state index contributed by atoms with van der Waals surface area (Å²) in [4.78, 5) is 41.7. The fourth-order valence-electron chi connectivity index (χ4n) is 4.18. The lowest BCUT2D eigenvalue weighted by Crippen LogP contribution is -2.46. The molecule has 1 fully saturated rings. The molecule has 13 heteroatoms. The molecular formula is C22H30N4O7S2. The first kappa shape index (κ1) is 27.0. The molecule has 0 radical (unpaired) electrons. The Morgan fingerprint density at radius 3 is 2.71 bits per heavy atom. The van der Waals surface area contributed by atoms with Crippen molar-refractivity contribution < 1.29 is 27.7 Å². The van der Waals surface area contributed by atoms with E-state index in [9.17, 15) is 28.1 Å². The number of hydrogen-bond acceptors (Lipinski definition) is 8. The minimum atomic E-state index is -4.02. The summed E-state index contributed by atoms with van der Waals surface area (Å²) in [7, 11) is -4.02. The van der Waals surface area contributed by atoms with Gasteiger partial charge in [-0.1, -0.05) is 18.3 Å². The van der Waals surface area contributed by atoms with E-state index in [0.29, 0.717) is 36.5 Å². The van der Waals surface area contributed by atoms with E-state index in [1.165, 1.54) is 12.1 Å². The average Bonchev–Trinajstić information content (AvgIpc) is 3.14. The highest BCUT2D eigenvalue weighted by molar-refractivity contribution is 7.92. The minimum absolute atomic E-state index is 0.0266. The maximum atomic E-state index is 12.7. The standard InChI is InChI=1S/C22H30N4O7S2/c1-3-16-7-5-6-10-24(16)21(28)15-35(31,32)14-20(27)23-22-25(11-12-33-4-2)18-9-8-17(26(29)30)13-19(18)34-22/h8-9,13,16H,3-7,10-12,14-15H2,1-2H3. The van der Waals surface area contributed by atoms with Gasteiger partial charge >= 0.3 is 0 Å². The summed E-state index contributed by atoms with van der Waals surface area (Å²) in [6, 6.07) is 4.34. The van der Waals surface area contributed by atoms with Gasteiger partial charge in [-0.2, -0.15) is 4.99 Å². The molecule has 1 saturated heterocycles. The van der Waals surface area contributed by atoms with E-state index in [1.807, 2.05) is 13.8 Å². The number of carbonyl (C=O) groups is 2. The second-order valence-corrected chi connectivity index (χ2v) is 11.4. The molecule has 11 nitrogen and oxygen atoms in total. The molecule has 0 saturated carbocycles. The van der Waals surface area contributed by atoms with Crippen LogP contribution < -0.4 is 4.80 Å². The Morgan fingerprint density at radius 1 is 1.26 bits per heavy atom. The van der Waals surface area contributed by atoms with Crippen molar-refractivity contribution in [1.82, 2.24) is 9.47 Å². The van der Waals surface area contributed by atoms with E-state index in [-0.39, 0.29) is 16.5 Å². The van der Waals surface area contributed by atoms with Crippen molar-refractivity contribution in [3.8, 4) is 0 Å². The highest BCUT2D eigenvalue weighted by Crippen LogP contribution is 2.23. The number of thiazole rings is 1. The average molecular weight is 527 g/mol. The van der Waals surface area contributed by atoms with Crippen molar-refractivity contribution in [3.63, 3.8) is 0 Å². The molecule has 2 aromatic rings. The molecule has 1 aliphatic rings. The van der Waals surface area contributed by atoms with Gasteiger partial charge in [0, 0.05) is 37.9 Å². The molecule has 2 amide bonds. The van der Waals surface area contributed by atoms with Crippen LogP contribution in [0.2, 0.25) is 0 Å². The lowest BCUT2D eigenvalue weighted by atomic mass is 10.0. The van der Waals surface area contributed by atoms with Gasteiger partial charge in [-0.3, -0.25) is 19.7 Å². The zero-order chi connectivity index (χ0) is 25.6. The van der Waals surface area contributed by atoms with Gasteiger partial charge < -0.3 is 14.2 Å². The topological polar surface area (TPSA) is 141 Å². The normalized spacial score (nSPS) is 17.1. The van der Waals surface area contributed by atoms with Crippen molar-refractivity contribution in [2.75, 3.05) is 31.3 Å². The van der Waals surface area contributed by atoms with E-state index in [4.69, 9.17) is 4.74 Å². The number of nitrogens with zero attached hydrogens (tertiary/aromatic N) is 4. The van der Waals surface area contributed by atoms with Crippen LogP contribution in [-0.2, 0) is 30.7 Å². The van der Waals surface area contributed by atoms with Crippen LogP contribution in [0.1, 0.15) is 39.5 Å². The number of benzene rings is 1. The number of aromatic nitrogens is 1. The maximum absolute atomic E-state index is 12.7. The second kappa shape index (κ2) is 11.9. The number of nitro groups is 1. The molecule has 3 rings (SSSR count). The SMILES string of the molecule is CCOCCn1c(=NC(=O)CS(=O)(=O)CC(=O)N2CCCCC2CC)sc2cc([N+](=O)[O-])ccc21.